The molecule has 0 N–H and O–H groups in total. The molecule has 0 radical (unpaired) electrons. The van der Waals surface area contributed by atoms with Gasteiger partial charge in [-0.15, -0.1) is 11.3 Å². The van der Waals surface area contributed by atoms with Crippen LogP contribution in [0.5, 0.6) is 0 Å². The molecule has 0 fully saturated rings. The number of hydrogen-bond donors (Lipinski definition) is 0. The third kappa shape index (κ3) is 2.93. The van der Waals surface area contributed by atoms with Crippen molar-refractivity contribution in [3.63, 3.8) is 0 Å². The average Bonchev–Trinajstić information content (AvgIpc) is 2.63. The molecule has 0 spiro atoms. The summed E-state index contributed by atoms with van der Waals surface area (Å²) in [5.41, 5.74) is 1.67. The number of aldehydes is 1. The van der Waals surface area contributed by atoms with Gasteiger partial charge in [0.1, 0.15) is 0 Å². The third-order valence-corrected chi connectivity index (χ3v) is 4.29. The standard InChI is InChI=1S/C15H13F3OS/c1-9-13(14(8-19)10(2)20-9)7-11-3-5-12(6-4-11)15(16,17)18/h3-6,8H,7H2,1-2H3. The topological polar surface area (TPSA) is 17.1 Å². The summed E-state index contributed by atoms with van der Waals surface area (Å²) in [6.07, 6.45) is -3.03. The minimum atomic E-state index is -4.32. The summed E-state index contributed by atoms with van der Waals surface area (Å²) in [7, 11) is 0. The summed E-state index contributed by atoms with van der Waals surface area (Å²) in [5.74, 6) is 0. The van der Waals surface area contributed by atoms with Crippen LogP contribution >= 0.6 is 11.3 Å². The van der Waals surface area contributed by atoms with Gasteiger partial charge in [-0.2, -0.15) is 13.2 Å². The van der Waals surface area contributed by atoms with Crippen molar-refractivity contribution < 1.29 is 18.0 Å². The maximum absolute atomic E-state index is 12.5. The highest BCUT2D eigenvalue weighted by atomic mass is 32.1. The fraction of sp³-hybridized carbons (Fsp3) is 0.267. The molecule has 0 atom stereocenters. The van der Waals surface area contributed by atoms with Crippen molar-refractivity contribution in [1.29, 1.82) is 0 Å². The number of halogens is 3. The predicted molar refractivity (Wildman–Crippen MR) is 73.4 cm³/mol. The van der Waals surface area contributed by atoms with E-state index in [1.165, 1.54) is 23.5 Å². The molecule has 106 valence electrons. The highest BCUT2D eigenvalue weighted by Crippen LogP contribution is 2.31. The van der Waals surface area contributed by atoms with Crippen LogP contribution in [0.2, 0.25) is 0 Å². The van der Waals surface area contributed by atoms with Gasteiger partial charge in [0.25, 0.3) is 0 Å². The number of benzene rings is 1. The van der Waals surface area contributed by atoms with Crippen LogP contribution < -0.4 is 0 Å². The van der Waals surface area contributed by atoms with E-state index in [4.69, 9.17) is 0 Å². The average molecular weight is 298 g/mol. The van der Waals surface area contributed by atoms with Crippen molar-refractivity contribution in [2.45, 2.75) is 26.4 Å². The van der Waals surface area contributed by atoms with E-state index in [2.05, 4.69) is 0 Å². The van der Waals surface area contributed by atoms with Gasteiger partial charge in [-0.25, -0.2) is 0 Å². The lowest BCUT2D eigenvalue weighted by Gasteiger charge is -2.08. The zero-order chi connectivity index (χ0) is 14.9. The lowest BCUT2D eigenvalue weighted by molar-refractivity contribution is -0.137. The molecule has 0 aliphatic carbocycles. The number of hydrogen-bond acceptors (Lipinski definition) is 2. The van der Waals surface area contributed by atoms with Gasteiger partial charge in [0.15, 0.2) is 6.29 Å². The number of rotatable bonds is 3. The molecule has 1 nitrogen and oxygen atoms in total. The Morgan fingerprint density at radius 1 is 1.10 bits per heavy atom. The van der Waals surface area contributed by atoms with Crippen molar-refractivity contribution in [3.8, 4) is 0 Å². The van der Waals surface area contributed by atoms with Gasteiger partial charge in [-0.05, 0) is 43.5 Å². The lowest BCUT2D eigenvalue weighted by atomic mass is 10.00. The minimum absolute atomic E-state index is 0.475. The van der Waals surface area contributed by atoms with Crippen LogP contribution in [0.3, 0.4) is 0 Å². The number of aryl methyl sites for hydroxylation is 2. The van der Waals surface area contributed by atoms with E-state index < -0.39 is 11.7 Å². The van der Waals surface area contributed by atoms with E-state index in [0.717, 1.165) is 39.3 Å². The monoisotopic (exact) mass is 298 g/mol. The van der Waals surface area contributed by atoms with Gasteiger partial charge in [-0.1, -0.05) is 12.1 Å². The summed E-state index contributed by atoms with van der Waals surface area (Å²) in [4.78, 5) is 13.1. The molecule has 1 aromatic heterocycles. The first-order chi connectivity index (χ1) is 9.32. The Bertz CT molecular complexity index is 624. The normalized spacial score (nSPS) is 11.7. The molecule has 0 saturated heterocycles. The second kappa shape index (κ2) is 5.40. The Kier molecular flexibility index (Phi) is 3.99. The Balaban J connectivity index is 2.29. The van der Waals surface area contributed by atoms with E-state index in [1.807, 2.05) is 13.8 Å². The Labute approximate surface area is 119 Å². The van der Waals surface area contributed by atoms with Gasteiger partial charge in [-0.3, -0.25) is 4.79 Å². The smallest absolute Gasteiger partial charge is 0.298 e. The number of carbonyl (C=O) groups is 1. The summed E-state index contributed by atoms with van der Waals surface area (Å²) >= 11 is 1.54. The van der Waals surface area contributed by atoms with Crippen LogP contribution in [0.25, 0.3) is 0 Å². The van der Waals surface area contributed by atoms with E-state index in [9.17, 15) is 18.0 Å². The quantitative estimate of drug-likeness (QED) is 0.745. The fourth-order valence-electron chi connectivity index (χ4n) is 2.14. The third-order valence-electron chi connectivity index (χ3n) is 3.22. The predicted octanol–water partition coefficient (Wildman–Crippen LogP) is 4.79. The first-order valence-corrected chi connectivity index (χ1v) is 6.84. The Morgan fingerprint density at radius 2 is 1.70 bits per heavy atom. The Morgan fingerprint density at radius 3 is 2.20 bits per heavy atom. The first-order valence-electron chi connectivity index (χ1n) is 6.03. The molecule has 0 unspecified atom stereocenters. The van der Waals surface area contributed by atoms with Crippen LogP contribution in [0.1, 0.15) is 36.8 Å². The van der Waals surface area contributed by atoms with Crippen molar-refractivity contribution in [1.82, 2.24) is 0 Å². The van der Waals surface area contributed by atoms with Crippen LogP contribution in [0, 0.1) is 13.8 Å². The number of alkyl halides is 3. The van der Waals surface area contributed by atoms with Crippen molar-refractivity contribution in [2.75, 3.05) is 0 Å². The zero-order valence-electron chi connectivity index (χ0n) is 11.0. The summed E-state index contributed by atoms with van der Waals surface area (Å²) < 4.78 is 37.5. The number of carbonyl (C=O) groups excluding carboxylic acids is 1. The molecule has 2 rings (SSSR count). The van der Waals surface area contributed by atoms with E-state index in [1.54, 1.807) is 0 Å². The first kappa shape index (κ1) is 14.8. The van der Waals surface area contributed by atoms with Crippen molar-refractivity contribution >= 4 is 17.6 Å². The highest BCUT2D eigenvalue weighted by molar-refractivity contribution is 7.12. The SMILES string of the molecule is Cc1sc(C)c(Cc2ccc(C(F)(F)F)cc2)c1C=O. The second-order valence-electron chi connectivity index (χ2n) is 4.60. The van der Waals surface area contributed by atoms with Crippen LogP contribution in [-0.2, 0) is 12.6 Å². The maximum Gasteiger partial charge on any atom is 0.416 e. The largest absolute Gasteiger partial charge is 0.416 e. The number of thiophene rings is 1. The molecular formula is C15H13F3OS. The summed E-state index contributed by atoms with van der Waals surface area (Å²) in [6, 6.07) is 5.07. The summed E-state index contributed by atoms with van der Waals surface area (Å²) in [6.45, 7) is 3.79. The summed E-state index contributed by atoms with van der Waals surface area (Å²) in [5, 5.41) is 0. The van der Waals surface area contributed by atoms with Gasteiger partial charge in [0.05, 0.1) is 5.56 Å². The van der Waals surface area contributed by atoms with E-state index in [0.29, 0.717) is 12.0 Å². The maximum atomic E-state index is 12.5. The molecule has 0 bridgehead atoms. The molecule has 1 aromatic carbocycles. The fourth-order valence-corrected chi connectivity index (χ4v) is 3.18. The van der Waals surface area contributed by atoms with E-state index in [-0.39, 0.29) is 0 Å². The van der Waals surface area contributed by atoms with Crippen LogP contribution in [0.15, 0.2) is 24.3 Å². The molecule has 0 aliphatic rings. The highest BCUT2D eigenvalue weighted by Gasteiger charge is 2.29. The molecule has 0 aliphatic heterocycles. The molecule has 5 heteroatoms. The van der Waals surface area contributed by atoms with Gasteiger partial charge in [0, 0.05) is 15.3 Å². The molecule has 20 heavy (non-hydrogen) atoms. The van der Waals surface area contributed by atoms with Crippen molar-refractivity contribution in [2.24, 2.45) is 0 Å². The molecule has 2 aromatic rings. The van der Waals surface area contributed by atoms with Gasteiger partial charge >= 0.3 is 6.18 Å². The van der Waals surface area contributed by atoms with E-state index >= 15 is 0 Å². The van der Waals surface area contributed by atoms with Crippen LogP contribution in [-0.4, -0.2) is 6.29 Å². The van der Waals surface area contributed by atoms with Gasteiger partial charge in [0.2, 0.25) is 0 Å². The lowest BCUT2D eigenvalue weighted by Crippen LogP contribution is -2.04. The van der Waals surface area contributed by atoms with Crippen LogP contribution in [0.4, 0.5) is 13.2 Å². The molecule has 1 heterocycles. The van der Waals surface area contributed by atoms with Crippen molar-refractivity contribution in [3.05, 3.63) is 56.3 Å². The Hall–Kier alpha value is -1.62. The molecule has 0 amide bonds. The second-order valence-corrected chi connectivity index (χ2v) is 6.02. The van der Waals surface area contributed by atoms with Gasteiger partial charge < -0.3 is 0 Å². The molecular weight excluding hydrogens is 285 g/mol. The molecule has 0 saturated carbocycles. The zero-order valence-corrected chi connectivity index (χ0v) is 11.9. The minimum Gasteiger partial charge on any atom is -0.298 e.